The summed E-state index contributed by atoms with van der Waals surface area (Å²) >= 11 is 0. The van der Waals surface area contributed by atoms with Gasteiger partial charge in [-0.3, -0.25) is 3.87 Å². The molecule has 2 aromatic rings. The van der Waals surface area contributed by atoms with E-state index < -0.39 is 23.9 Å². The van der Waals surface area contributed by atoms with Crippen LogP contribution in [0.1, 0.15) is 6.92 Å². The zero-order valence-electron chi connectivity index (χ0n) is 12.2. The minimum atomic E-state index is -5.70. The molecule has 0 aliphatic rings. The third kappa shape index (κ3) is 3.49. The summed E-state index contributed by atoms with van der Waals surface area (Å²) in [5.74, 6) is 0. The summed E-state index contributed by atoms with van der Waals surface area (Å²) in [6, 6.07) is 16.6. The first-order valence-electron chi connectivity index (χ1n) is 6.86. The van der Waals surface area contributed by atoms with Gasteiger partial charge < -0.3 is 0 Å². The summed E-state index contributed by atoms with van der Waals surface area (Å²) < 4.78 is 66.7. The average Bonchev–Trinajstić information content (AvgIpc) is 2.53. The van der Waals surface area contributed by atoms with Crippen molar-refractivity contribution in [3.63, 3.8) is 0 Å². The third-order valence-electron chi connectivity index (χ3n) is 3.51. The van der Waals surface area contributed by atoms with Crippen LogP contribution in [0, 0.1) is 0 Å². The number of alkyl halides is 3. The highest BCUT2D eigenvalue weighted by atomic mass is 32.2. The molecule has 0 unspecified atom stereocenters. The van der Waals surface area contributed by atoms with Crippen LogP contribution in [0.25, 0.3) is 0 Å². The highest BCUT2D eigenvalue weighted by molar-refractivity contribution is 7.88. The van der Waals surface area contributed by atoms with Gasteiger partial charge in [0.15, 0.2) is 0 Å². The normalized spacial score (nSPS) is 13.0. The summed E-state index contributed by atoms with van der Waals surface area (Å²) in [4.78, 5) is 0. The molecular weight excluding hydrogens is 345 g/mol. The van der Waals surface area contributed by atoms with Crippen LogP contribution in [0.15, 0.2) is 60.7 Å². The highest BCUT2D eigenvalue weighted by Crippen LogP contribution is 2.28. The Morgan fingerprint density at radius 1 is 0.913 bits per heavy atom. The van der Waals surface area contributed by atoms with Crippen LogP contribution in [0.3, 0.4) is 0 Å². The lowest BCUT2D eigenvalue weighted by Gasteiger charge is -2.30. The van der Waals surface area contributed by atoms with E-state index in [1.54, 1.807) is 67.6 Å². The van der Waals surface area contributed by atoms with Crippen molar-refractivity contribution in [3.05, 3.63) is 60.7 Å². The Labute approximate surface area is 134 Å². The van der Waals surface area contributed by atoms with Gasteiger partial charge in [0.1, 0.15) is 0 Å². The van der Waals surface area contributed by atoms with Crippen LogP contribution in [0.5, 0.6) is 0 Å². The highest BCUT2D eigenvalue weighted by Gasteiger charge is 2.53. The second-order valence-corrected chi connectivity index (χ2v) is 10.4. The summed E-state index contributed by atoms with van der Waals surface area (Å²) in [7, 11) is -9.28. The molecule has 0 saturated carbocycles. The molecule has 0 N–H and O–H groups in total. The molecule has 0 amide bonds. The molecule has 2 aromatic carbocycles. The first kappa shape index (κ1) is 17.7. The molecule has 0 spiro atoms. The van der Waals surface area contributed by atoms with Crippen molar-refractivity contribution in [2.75, 3.05) is 0 Å². The number of rotatable bonds is 5. The van der Waals surface area contributed by atoms with Crippen molar-refractivity contribution in [2.24, 2.45) is 0 Å². The van der Waals surface area contributed by atoms with Gasteiger partial charge in [0.25, 0.3) is 8.32 Å². The lowest BCUT2D eigenvalue weighted by atomic mass is 10.4. The molecule has 8 heteroatoms. The van der Waals surface area contributed by atoms with Crippen molar-refractivity contribution >= 4 is 28.8 Å². The number of hydrogen-bond donors (Lipinski definition) is 0. The maximum atomic E-state index is 12.8. The third-order valence-corrected chi connectivity index (χ3v) is 9.62. The standard InChI is InChI=1S/C15H15F3O3SSi/c1-2-23(13-9-5-3-6-10-13,14-11-7-4-8-12-14)21-22(19,20)15(16,17)18/h3-12H,2H2,1H3. The van der Waals surface area contributed by atoms with E-state index in [-0.39, 0.29) is 6.04 Å². The average molecular weight is 360 g/mol. The Morgan fingerprint density at radius 3 is 1.61 bits per heavy atom. The minimum absolute atomic E-state index is 0.149. The van der Waals surface area contributed by atoms with Gasteiger partial charge in [0, 0.05) is 0 Å². The fourth-order valence-corrected chi connectivity index (χ4v) is 8.11. The first-order chi connectivity index (χ1) is 10.7. The number of hydrogen-bond acceptors (Lipinski definition) is 3. The van der Waals surface area contributed by atoms with Crippen LogP contribution >= 0.6 is 0 Å². The predicted octanol–water partition coefficient (Wildman–Crippen LogP) is 2.63. The van der Waals surface area contributed by atoms with Crippen LogP contribution in [0.4, 0.5) is 13.2 Å². The smallest absolute Gasteiger partial charge is 0.297 e. The van der Waals surface area contributed by atoms with Gasteiger partial charge in [-0.05, 0) is 16.4 Å². The molecule has 0 heterocycles. The summed E-state index contributed by atoms with van der Waals surface area (Å²) in [6.45, 7) is 1.64. The summed E-state index contributed by atoms with van der Waals surface area (Å²) in [5.41, 5.74) is -5.45. The van der Waals surface area contributed by atoms with Gasteiger partial charge in [-0.1, -0.05) is 67.6 Å². The van der Waals surface area contributed by atoms with E-state index >= 15 is 0 Å². The van der Waals surface area contributed by atoms with Crippen LogP contribution in [0.2, 0.25) is 6.04 Å². The molecule has 0 aliphatic heterocycles. The van der Waals surface area contributed by atoms with Crippen molar-refractivity contribution in [2.45, 2.75) is 18.5 Å². The Bertz CT molecular complexity index is 707. The van der Waals surface area contributed by atoms with E-state index in [2.05, 4.69) is 0 Å². The molecule has 0 aromatic heterocycles. The lowest BCUT2D eigenvalue weighted by molar-refractivity contribution is -0.0502. The Morgan fingerprint density at radius 2 is 1.30 bits per heavy atom. The van der Waals surface area contributed by atoms with Gasteiger partial charge in [-0.15, -0.1) is 0 Å². The van der Waals surface area contributed by atoms with E-state index in [1.807, 2.05) is 0 Å². The van der Waals surface area contributed by atoms with E-state index in [0.29, 0.717) is 10.4 Å². The Kier molecular flexibility index (Phi) is 4.97. The quantitative estimate of drug-likeness (QED) is 0.608. The first-order valence-corrected chi connectivity index (χ1v) is 10.4. The molecule has 2 rings (SSSR count). The maximum absolute atomic E-state index is 12.8. The molecule has 0 bridgehead atoms. The molecule has 0 saturated heterocycles. The summed E-state index contributed by atoms with van der Waals surface area (Å²) in [5, 5.41) is 0.947. The van der Waals surface area contributed by atoms with E-state index in [4.69, 9.17) is 3.87 Å². The zero-order valence-corrected chi connectivity index (χ0v) is 14.1. The fraction of sp³-hybridized carbons (Fsp3) is 0.200. The lowest BCUT2D eigenvalue weighted by Crippen LogP contribution is -2.62. The zero-order chi connectivity index (χ0) is 17.1. The van der Waals surface area contributed by atoms with E-state index in [1.165, 1.54) is 0 Å². The molecule has 0 aliphatic carbocycles. The fourth-order valence-electron chi connectivity index (χ4n) is 2.38. The number of halogens is 3. The molecular formula is C15H15F3O3SSi. The minimum Gasteiger partial charge on any atom is -0.297 e. The van der Waals surface area contributed by atoms with E-state index in [0.717, 1.165) is 0 Å². The Balaban J connectivity index is 2.66. The van der Waals surface area contributed by atoms with Crippen molar-refractivity contribution in [3.8, 4) is 0 Å². The number of benzene rings is 2. The largest absolute Gasteiger partial charge is 0.522 e. The Hall–Kier alpha value is -1.64. The predicted molar refractivity (Wildman–Crippen MR) is 84.4 cm³/mol. The second-order valence-electron chi connectivity index (χ2n) is 4.90. The van der Waals surface area contributed by atoms with Gasteiger partial charge in [0.05, 0.1) is 0 Å². The van der Waals surface area contributed by atoms with Crippen molar-refractivity contribution < 1.29 is 25.5 Å². The topological polar surface area (TPSA) is 43.4 Å². The van der Waals surface area contributed by atoms with Crippen molar-refractivity contribution in [1.29, 1.82) is 0 Å². The molecule has 0 atom stereocenters. The monoisotopic (exact) mass is 360 g/mol. The molecule has 124 valence electrons. The van der Waals surface area contributed by atoms with Crippen LogP contribution in [-0.2, 0) is 14.0 Å². The van der Waals surface area contributed by atoms with Crippen molar-refractivity contribution in [1.82, 2.24) is 0 Å². The SMILES string of the molecule is CC[Si](OS(=O)(=O)C(F)(F)F)(c1ccccc1)c1ccccc1. The molecule has 0 fully saturated rings. The van der Waals surface area contributed by atoms with E-state index in [9.17, 15) is 21.6 Å². The van der Waals surface area contributed by atoms with Gasteiger partial charge >= 0.3 is 15.6 Å². The van der Waals surface area contributed by atoms with Gasteiger partial charge in [0.2, 0.25) is 0 Å². The maximum Gasteiger partial charge on any atom is 0.522 e. The van der Waals surface area contributed by atoms with Crippen LogP contribution < -0.4 is 10.4 Å². The van der Waals surface area contributed by atoms with Crippen LogP contribution in [-0.4, -0.2) is 22.2 Å². The molecule has 0 radical (unpaired) electrons. The molecule has 3 nitrogen and oxygen atoms in total. The second kappa shape index (κ2) is 6.46. The summed E-state index contributed by atoms with van der Waals surface area (Å²) in [6.07, 6.45) is 0. The molecule has 23 heavy (non-hydrogen) atoms. The van der Waals surface area contributed by atoms with Gasteiger partial charge in [-0.25, -0.2) is 0 Å². The van der Waals surface area contributed by atoms with Gasteiger partial charge in [-0.2, -0.15) is 21.6 Å².